The molecule has 0 fully saturated rings. The summed E-state index contributed by atoms with van der Waals surface area (Å²) in [5.41, 5.74) is 24.5. The second-order valence-electron chi connectivity index (χ2n) is 7.09. The molecule has 0 bridgehead atoms. The Morgan fingerprint density at radius 2 is 1.00 bits per heavy atom. The maximum Gasteiger partial charge on any atom is 0.251 e. The number of carbonyl (C=O) groups excluding carboxylic acids is 2. The molecule has 2 aromatic carbocycles. The number of nitrogens with one attached hydrogen (secondary N) is 2. The van der Waals surface area contributed by atoms with Gasteiger partial charge in [-0.1, -0.05) is 24.3 Å². The maximum atomic E-state index is 12.5. The molecule has 2 aromatic rings. The molecule has 178 valence electrons. The molecule has 12 nitrogen and oxygen atoms in total. The Morgan fingerprint density at radius 1 is 0.647 bits per heavy atom. The quantitative estimate of drug-likeness (QED) is 0.128. The molecule has 0 unspecified atom stereocenters. The zero-order valence-corrected chi connectivity index (χ0v) is 18.9. The van der Waals surface area contributed by atoms with Gasteiger partial charge in [0.25, 0.3) is 11.8 Å². The minimum absolute atomic E-state index is 0.156. The van der Waals surface area contributed by atoms with Gasteiger partial charge in [-0.3, -0.25) is 9.59 Å². The van der Waals surface area contributed by atoms with Gasteiger partial charge in [-0.05, 0) is 49.2 Å². The van der Waals surface area contributed by atoms with Crippen LogP contribution in [0.5, 0.6) is 0 Å². The molecule has 0 saturated heterocycles. The fourth-order valence-corrected chi connectivity index (χ4v) is 2.71. The van der Waals surface area contributed by atoms with Crippen LogP contribution in [0.2, 0.25) is 0 Å². The fourth-order valence-electron chi connectivity index (χ4n) is 2.71. The molecule has 10 N–H and O–H groups in total. The summed E-state index contributed by atoms with van der Waals surface area (Å²) in [5, 5.41) is 20.5. The van der Waals surface area contributed by atoms with E-state index in [2.05, 4.69) is 31.0 Å². The SMILES string of the molecule is C/C(=N\N=C(N)N)c1cccc(C(=O)NCCNC(=O)c2cccc(/C(C)=N/N=C(N)N)c2)c1. The average molecular weight is 465 g/mol. The van der Waals surface area contributed by atoms with Crippen molar-refractivity contribution in [1.29, 1.82) is 0 Å². The topological polar surface area (TPSA) is 212 Å². The molecule has 34 heavy (non-hydrogen) atoms. The Labute approximate surface area is 196 Å². The lowest BCUT2D eigenvalue weighted by atomic mass is 10.1. The van der Waals surface area contributed by atoms with Gasteiger partial charge in [0.2, 0.25) is 11.9 Å². The van der Waals surface area contributed by atoms with Crippen molar-refractivity contribution in [1.82, 2.24) is 10.6 Å². The van der Waals surface area contributed by atoms with Crippen molar-refractivity contribution >= 4 is 35.2 Å². The summed E-state index contributed by atoms with van der Waals surface area (Å²) < 4.78 is 0. The Balaban J connectivity index is 1.92. The molecular formula is C22H28N10O2. The van der Waals surface area contributed by atoms with Crippen LogP contribution in [0.15, 0.2) is 68.9 Å². The van der Waals surface area contributed by atoms with Crippen LogP contribution in [0.1, 0.15) is 45.7 Å². The first-order chi connectivity index (χ1) is 16.2. The number of hydrogen-bond acceptors (Lipinski definition) is 6. The number of nitrogens with two attached hydrogens (primary N) is 4. The highest BCUT2D eigenvalue weighted by Gasteiger charge is 2.09. The lowest BCUT2D eigenvalue weighted by molar-refractivity contribution is 0.0927. The smallest absolute Gasteiger partial charge is 0.251 e. The number of benzene rings is 2. The largest absolute Gasteiger partial charge is 0.369 e. The van der Waals surface area contributed by atoms with Gasteiger partial charge in [-0.2, -0.15) is 10.2 Å². The minimum Gasteiger partial charge on any atom is -0.369 e. The van der Waals surface area contributed by atoms with E-state index >= 15 is 0 Å². The standard InChI is InChI=1S/C22H28N10O2/c1-13(29-31-21(23)24)15-5-3-7-17(11-15)19(33)27-9-10-28-20(34)18-8-4-6-16(12-18)14(2)30-32-22(25)26/h3-8,11-12H,9-10H2,1-2H3,(H,27,33)(H,28,34)(H4,23,24,31)(H4,25,26,32)/b29-13+,30-14+. The van der Waals surface area contributed by atoms with Gasteiger partial charge in [0.15, 0.2) is 0 Å². The van der Waals surface area contributed by atoms with Crippen LogP contribution in [0, 0.1) is 0 Å². The van der Waals surface area contributed by atoms with Crippen molar-refractivity contribution in [3.8, 4) is 0 Å². The number of carbonyl (C=O) groups is 2. The van der Waals surface area contributed by atoms with Gasteiger partial charge in [0, 0.05) is 24.2 Å². The van der Waals surface area contributed by atoms with Crippen LogP contribution in [-0.4, -0.2) is 48.2 Å². The van der Waals surface area contributed by atoms with E-state index in [4.69, 9.17) is 22.9 Å². The molecule has 0 heterocycles. The molecule has 12 heteroatoms. The Kier molecular flexibility index (Phi) is 9.26. The summed E-state index contributed by atoms with van der Waals surface area (Å²) in [7, 11) is 0. The van der Waals surface area contributed by atoms with Gasteiger partial charge in [0.05, 0.1) is 11.4 Å². The third-order valence-electron chi connectivity index (χ3n) is 4.41. The number of amides is 2. The molecule has 0 spiro atoms. The van der Waals surface area contributed by atoms with Gasteiger partial charge < -0.3 is 33.6 Å². The second-order valence-corrected chi connectivity index (χ2v) is 7.09. The molecule has 0 radical (unpaired) electrons. The zero-order valence-electron chi connectivity index (χ0n) is 18.9. The third-order valence-corrected chi connectivity index (χ3v) is 4.41. The molecule has 0 aliphatic heterocycles. The molecule has 2 rings (SSSR count). The van der Waals surface area contributed by atoms with Gasteiger partial charge >= 0.3 is 0 Å². The zero-order chi connectivity index (χ0) is 25.1. The summed E-state index contributed by atoms with van der Waals surface area (Å²) in [6, 6.07) is 13.7. The second kappa shape index (κ2) is 12.3. The van der Waals surface area contributed by atoms with Gasteiger partial charge in [-0.25, -0.2) is 0 Å². The summed E-state index contributed by atoms with van der Waals surface area (Å²) in [4.78, 5) is 24.9. The Morgan fingerprint density at radius 3 is 1.35 bits per heavy atom. The highest BCUT2D eigenvalue weighted by atomic mass is 16.2. The summed E-state index contributed by atoms with van der Waals surface area (Å²) in [6.45, 7) is 3.92. The fraction of sp³-hybridized carbons (Fsp3) is 0.182. The van der Waals surface area contributed by atoms with E-state index in [1.54, 1.807) is 62.4 Å². The average Bonchev–Trinajstić information content (AvgIpc) is 2.83. The maximum absolute atomic E-state index is 12.5. The van der Waals surface area contributed by atoms with Crippen LogP contribution >= 0.6 is 0 Å². The van der Waals surface area contributed by atoms with E-state index in [1.165, 1.54) is 0 Å². The Bertz CT molecular complexity index is 1070. The van der Waals surface area contributed by atoms with E-state index in [-0.39, 0.29) is 36.8 Å². The van der Waals surface area contributed by atoms with Gasteiger partial charge in [-0.15, -0.1) is 10.2 Å². The van der Waals surface area contributed by atoms with Crippen LogP contribution in [0.3, 0.4) is 0 Å². The van der Waals surface area contributed by atoms with Crippen LogP contribution in [0.4, 0.5) is 0 Å². The normalized spacial score (nSPS) is 11.4. The molecule has 2 amide bonds. The third kappa shape index (κ3) is 8.07. The minimum atomic E-state index is -0.292. The van der Waals surface area contributed by atoms with Crippen molar-refractivity contribution in [2.45, 2.75) is 13.8 Å². The number of guanidine groups is 2. The van der Waals surface area contributed by atoms with Crippen molar-refractivity contribution < 1.29 is 9.59 Å². The predicted octanol–water partition coefficient (Wildman–Crippen LogP) is -0.159. The molecule has 0 aromatic heterocycles. The van der Waals surface area contributed by atoms with Crippen LogP contribution < -0.4 is 33.6 Å². The Hall–Kier alpha value is -4.74. The van der Waals surface area contributed by atoms with E-state index < -0.39 is 0 Å². The number of rotatable bonds is 9. The number of nitrogens with zero attached hydrogens (tertiary/aromatic N) is 4. The molecule has 0 atom stereocenters. The molecular weight excluding hydrogens is 436 g/mol. The summed E-state index contributed by atoms with van der Waals surface area (Å²) >= 11 is 0. The lowest BCUT2D eigenvalue weighted by Gasteiger charge is -2.09. The van der Waals surface area contributed by atoms with Gasteiger partial charge in [0.1, 0.15) is 0 Å². The molecule has 0 saturated carbocycles. The van der Waals surface area contributed by atoms with Crippen molar-refractivity contribution in [2.24, 2.45) is 43.3 Å². The van der Waals surface area contributed by atoms with Crippen molar-refractivity contribution in [3.05, 3.63) is 70.8 Å². The highest BCUT2D eigenvalue weighted by Crippen LogP contribution is 2.08. The molecule has 0 aliphatic carbocycles. The first-order valence-corrected chi connectivity index (χ1v) is 10.2. The monoisotopic (exact) mass is 464 g/mol. The summed E-state index contributed by atoms with van der Waals surface area (Å²) in [6.07, 6.45) is 0. The van der Waals surface area contributed by atoms with Crippen molar-refractivity contribution in [2.75, 3.05) is 13.1 Å². The van der Waals surface area contributed by atoms with Crippen molar-refractivity contribution in [3.63, 3.8) is 0 Å². The summed E-state index contributed by atoms with van der Waals surface area (Å²) in [5.74, 6) is -0.897. The van der Waals surface area contributed by atoms with Crippen LogP contribution in [-0.2, 0) is 0 Å². The first kappa shape index (κ1) is 25.5. The first-order valence-electron chi connectivity index (χ1n) is 10.2. The van der Waals surface area contributed by atoms with E-state index in [9.17, 15) is 9.59 Å². The lowest BCUT2D eigenvalue weighted by Crippen LogP contribution is -2.34. The van der Waals surface area contributed by atoms with Crippen LogP contribution in [0.25, 0.3) is 0 Å². The van der Waals surface area contributed by atoms with E-state index in [0.717, 1.165) is 0 Å². The predicted molar refractivity (Wildman–Crippen MR) is 134 cm³/mol. The highest BCUT2D eigenvalue weighted by molar-refractivity contribution is 6.03. The van der Waals surface area contributed by atoms with E-state index in [1.807, 2.05) is 0 Å². The number of hydrogen-bond donors (Lipinski definition) is 6. The van der Waals surface area contributed by atoms with E-state index in [0.29, 0.717) is 33.7 Å². The molecule has 0 aliphatic rings.